The summed E-state index contributed by atoms with van der Waals surface area (Å²) in [5.74, 6) is 5.75. The van der Waals surface area contributed by atoms with Crippen molar-refractivity contribution in [3.63, 3.8) is 0 Å². The molecule has 1 rings (SSSR count). The molecule has 0 aromatic rings. The Morgan fingerprint density at radius 3 is 2.60 bits per heavy atom. The first-order chi connectivity index (χ1) is 12.0. The zero-order valence-corrected chi connectivity index (χ0v) is 15.4. The molecular formula is C21H32O4. The van der Waals surface area contributed by atoms with Crippen LogP contribution >= 0.6 is 0 Å². The molecule has 1 fully saturated rings. The Bertz CT molecular complexity index is 498. The average Bonchev–Trinajstić information content (AvgIpc) is 2.93. The van der Waals surface area contributed by atoms with Gasteiger partial charge in [-0.2, -0.15) is 0 Å². The van der Waals surface area contributed by atoms with Gasteiger partial charge in [0.25, 0.3) is 0 Å². The largest absolute Gasteiger partial charge is 0.481 e. The lowest BCUT2D eigenvalue weighted by molar-refractivity contribution is -0.137. The van der Waals surface area contributed by atoms with Crippen molar-refractivity contribution in [2.24, 2.45) is 11.8 Å². The fourth-order valence-corrected chi connectivity index (χ4v) is 3.25. The molecule has 0 bridgehead atoms. The number of hydrogen-bond donors (Lipinski definition) is 2. The second-order valence-electron chi connectivity index (χ2n) is 6.91. The van der Waals surface area contributed by atoms with Crippen molar-refractivity contribution in [2.45, 2.75) is 83.7 Å². The molecule has 1 aliphatic carbocycles. The zero-order chi connectivity index (χ0) is 18.5. The number of carbonyl (C=O) groups is 2. The fourth-order valence-electron chi connectivity index (χ4n) is 3.25. The second kappa shape index (κ2) is 12.7. The molecule has 1 saturated carbocycles. The topological polar surface area (TPSA) is 74.6 Å². The van der Waals surface area contributed by atoms with E-state index in [0.29, 0.717) is 25.7 Å². The summed E-state index contributed by atoms with van der Waals surface area (Å²) in [6.07, 6.45) is 11.9. The van der Waals surface area contributed by atoms with Crippen molar-refractivity contribution in [3.05, 3.63) is 12.2 Å². The van der Waals surface area contributed by atoms with Crippen molar-refractivity contribution in [1.82, 2.24) is 0 Å². The van der Waals surface area contributed by atoms with Gasteiger partial charge in [0.2, 0.25) is 0 Å². The van der Waals surface area contributed by atoms with Gasteiger partial charge in [-0.05, 0) is 37.7 Å². The number of aliphatic hydroxyl groups is 1. The summed E-state index contributed by atoms with van der Waals surface area (Å²) in [6, 6.07) is 0. The molecule has 0 aromatic carbocycles. The summed E-state index contributed by atoms with van der Waals surface area (Å²) in [4.78, 5) is 22.3. The van der Waals surface area contributed by atoms with E-state index in [9.17, 15) is 14.7 Å². The number of aliphatic hydroxyl groups excluding tert-OH is 1. The monoisotopic (exact) mass is 348 g/mol. The number of carbonyl (C=O) groups excluding carboxylic acids is 1. The van der Waals surface area contributed by atoms with E-state index in [1.807, 2.05) is 6.08 Å². The van der Waals surface area contributed by atoms with Gasteiger partial charge in [-0.25, -0.2) is 0 Å². The summed E-state index contributed by atoms with van der Waals surface area (Å²) in [5.41, 5.74) is 0. The molecule has 0 aromatic heterocycles. The number of carboxylic acids is 1. The number of unbranched alkanes of at least 4 members (excludes halogenated alkanes) is 4. The smallest absolute Gasteiger partial charge is 0.303 e. The molecule has 0 spiro atoms. The first-order valence-corrected chi connectivity index (χ1v) is 9.61. The van der Waals surface area contributed by atoms with Gasteiger partial charge in [0.05, 0.1) is 6.10 Å². The summed E-state index contributed by atoms with van der Waals surface area (Å²) in [7, 11) is 0. The molecule has 4 nitrogen and oxygen atoms in total. The predicted molar refractivity (Wildman–Crippen MR) is 99.0 cm³/mol. The van der Waals surface area contributed by atoms with Gasteiger partial charge in [-0.1, -0.05) is 32.3 Å². The summed E-state index contributed by atoms with van der Waals surface area (Å²) >= 11 is 0. The normalized spacial score (nSPS) is 22.7. The Labute approximate surface area is 151 Å². The van der Waals surface area contributed by atoms with Gasteiger partial charge in [-0.15, -0.1) is 11.8 Å². The van der Waals surface area contributed by atoms with E-state index in [1.165, 1.54) is 12.8 Å². The van der Waals surface area contributed by atoms with Crippen LogP contribution in [0, 0.1) is 23.7 Å². The van der Waals surface area contributed by atoms with Gasteiger partial charge in [-0.3, -0.25) is 9.59 Å². The summed E-state index contributed by atoms with van der Waals surface area (Å²) < 4.78 is 0. The Hall–Kier alpha value is -1.60. The summed E-state index contributed by atoms with van der Waals surface area (Å²) in [6.45, 7) is 2.16. The van der Waals surface area contributed by atoms with E-state index in [4.69, 9.17) is 5.11 Å². The van der Waals surface area contributed by atoms with Gasteiger partial charge in [0.1, 0.15) is 0 Å². The highest BCUT2D eigenvalue weighted by molar-refractivity contribution is 5.89. The molecule has 0 amide bonds. The molecule has 1 aliphatic rings. The highest BCUT2D eigenvalue weighted by atomic mass is 16.4. The van der Waals surface area contributed by atoms with Crippen LogP contribution in [0.15, 0.2) is 12.2 Å². The maximum absolute atomic E-state index is 11.9. The SMILES string of the molecule is CCCCCCC(=O)C=CC1CCC(O)C1CC#CCCCC(=O)O. The third-order valence-corrected chi connectivity index (χ3v) is 4.80. The Balaban J connectivity index is 2.37. The van der Waals surface area contributed by atoms with Crippen LogP contribution < -0.4 is 0 Å². The highest BCUT2D eigenvalue weighted by Gasteiger charge is 2.32. The van der Waals surface area contributed by atoms with Gasteiger partial charge in [0, 0.05) is 31.6 Å². The van der Waals surface area contributed by atoms with Crippen LogP contribution in [0.2, 0.25) is 0 Å². The molecule has 2 N–H and O–H groups in total. The summed E-state index contributed by atoms with van der Waals surface area (Å²) in [5, 5.41) is 18.7. The minimum Gasteiger partial charge on any atom is -0.481 e. The maximum Gasteiger partial charge on any atom is 0.303 e. The van der Waals surface area contributed by atoms with Crippen LogP contribution in [-0.4, -0.2) is 28.1 Å². The van der Waals surface area contributed by atoms with E-state index in [2.05, 4.69) is 18.8 Å². The van der Waals surface area contributed by atoms with Crippen molar-refractivity contribution >= 4 is 11.8 Å². The van der Waals surface area contributed by atoms with E-state index in [-0.39, 0.29) is 30.1 Å². The lowest BCUT2D eigenvalue weighted by Crippen LogP contribution is -2.17. The van der Waals surface area contributed by atoms with Gasteiger partial charge >= 0.3 is 5.97 Å². The predicted octanol–water partition coefficient (Wildman–Crippen LogP) is 4.12. The molecule has 0 aliphatic heterocycles. The molecule has 3 unspecified atom stereocenters. The minimum atomic E-state index is -0.794. The maximum atomic E-state index is 11.9. The third-order valence-electron chi connectivity index (χ3n) is 4.80. The van der Waals surface area contributed by atoms with Gasteiger partial charge < -0.3 is 10.2 Å². The molecule has 0 radical (unpaired) electrons. The first-order valence-electron chi connectivity index (χ1n) is 9.61. The van der Waals surface area contributed by atoms with Crippen LogP contribution in [0.4, 0.5) is 0 Å². The Morgan fingerprint density at radius 1 is 1.08 bits per heavy atom. The third kappa shape index (κ3) is 9.45. The van der Waals surface area contributed by atoms with Crippen LogP contribution in [0.25, 0.3) is 0 Å². The second-order valence-corrected chi connectivity index (χ2v) is 6.91. The first kappa shape index (κ1) is 21.4. The molecule has 0 saturated heterocycles. The average molecular weight is 348 g/mol. The number of carboxylic acid groups (broad SMARTS) is 1. The number of aliphatic carboxylic acids is 1. The zero-order valence-electron chi connectivity index (χ0n) is 15.4. The van der Waals surface area contributed by atoms with Crippen LogP contribution in [0.1, 0.15) is 77.6 Å². The van der Waals surface area contributed by atoms with Crippen LogP contribution in [0.3, 0.4) is 0 Å². The fraction of sp³-hybridized carbons (Fsp3) is 0.714. The number of hydrogen-bond acceptors (Lipinski definition) is 3. The minimum absolute atomic E-state index is 0.0797. The van der Waals surface area contributed by atoms with Crippen molar-refractivity contribution in [1.29, 1.82) is 0 Å². The van der Waals surface area contributed by atoms with E-state index in [1.54, 1.807) is 6.08 Å². The van der Waals surface area contributed by atoms with Crippen molar-refractivity contribution < 1.29 is 19.8 Å². The van der Waals surface area contributed by atoms with Crippen LogP contribution in [-0.2, 0) is 9.59 Å². The highest BCUT2D eigenvalue weighted by Crippen LogP contribution is 2.35. The molecule has 25 heavy (non-hydrogen) atoms. The van der Waals surface area contributed by atoms with E-state index >= 15 is 0 Å². The number of ketones is 1. The quantitative estimate of drug-likeness (QED) is 0.335. The Kier molecular flexibility index (Phi) is 10.9. The Morgan fingerprint density at radius 2 is 1.88 bits per heavy atom. The lowest BCUT2D eigenvalue weighted by Gasteiger charge is -2.16. The van der Waals surface area contributed by atoms with Crippen molar-refractivity contribution in [2.75, 3.05) is 0 Å². The number of rotatable bonds is 11. The van der Waals surface area contributed by atoms with E-state index < -0.39 is 5.97 Å². The number of allylic oxidation sites excluding steroid dienone is 2. The van der Waals surface area contributed by atoms with Crippen LogP contribution in [0.5, 0.6) is 0 Å². The lowest BCUT2D eigenvalue weighted by atomic mass is 9.91. The molecule has 0 heterocycles. The molecule has 3 atom stereocenters. The molecule has 140 valence electrons. The molecular weight excluding hydrogens is 316 g/mol. The van der Waals surface area contributed by atoms with Crippen molar-refractivity contribution in [3.8, 4) is 11.8 Å². The van der Waals surface area contributed by atoms with E-state index in [0.717, 1.165) is 25.7 Å². The standard InChI is InChI=1S/C21H32O4/c1-2-3-4-7-10-18(22)15-13-17-14-16-20(23)19(17)11-8-5-6-9-12-21(24)25/h13,15,17,19-20,23H,2-4,6-7,9-12,14,16H2,1H3,(H,24,25). The van der Waals surface area contributed by atoms with Gasteiger partial charge in [0.15, 0.2) is 5.78 Å². The molecule has 4 heteroatoms.